The van der Waals surface area contributed by atoms with E-state index in [-0.39, 0.29) is 5.71 Å². The fourth-order valence-corrected chi connectivity index (χ4v) is 3.05. The monoisotopic (exact) mass is 381 g/mol. The Balaban J connectivity index is 1.96. The summed E-state index contributed by atoms with van der Waals surface area (Å²) in [4.78, 5) is 8.52. The summed E-state index contributed by atoms with van der Waals surface area (Å²) in [5.41, 5.74) is 2.99. The minimum Gasteiger partial charge on any atom is -0.324 e. The second-order valence-corrected chi connectivity index (χ2v) is 6.38. The van der Waals surface area contributed by atoms with Crippen molar-refractivity contribution in [1.29, 1.82) is 0 Å². The second kappa shape index (κ2) is 9.16. The molecule has 146 valence electrons. The number of rotatable bonds is 9. The third-order valence-corrected chi connectivity index (χ3v) is 4.41. The normalized spacial score (nSPS) is 12.3. The van der Waals surface area contributed by atoms with E-state index >= 15 is 0 Å². The van der Waals surface area contributed by atoms with Crippen molar-refractivity contribution < 1.29 is 4.39 Å². The molecule has 0 aliphatic heterocycles. The lowest BCUT2D eigenvalue weighted by Crippen LogP contribution is -2.15. The van der Waals surface area contributed by atoms with Gasteiger partial charge in [-0.25, -0.2) is 14.1 Å². The molecular weight excluding hydrogens is 357 g/mol. The molecule has 7 nitrogen and oxygen atoms in total. The Bertz CT molecular complexity index is 1010. The average Bonchev–Trinajstić information content (AvgIpc) is 3.31. The zero-order valence-corrected chi connectivity index (χ0v) is 16.2. The maximum atomic E-state index is 13.6. The number of hydrogen-bond donors (Lipinski definition) is 0. The van der Waals surface area contributed by atoms with E-state index in [1.54, 1.807) is 29.4 Å². The zero-order chi connectivity index (χ0) is 19.9. The van der Waals surface area contributed by atoms with Gasteiger partial charge in [0, 0.05) is 31.0 Å². The Labute approximate surface area is 163 Å². The van der Waals surface area contributed by atoms with Crippen LogP contribution in [0, 0.1) is 0 Å². The summed E-state index contributed by atoms with van der Waals surface area (Å²) < 4.78 is 17.2. The van der Waals surface area contributed by atoms with Gasteiger partial charge in [-0.3, -0.25) is 4.99 Å². The number of hydrogen-bond acceptors (Lipinski definition) is 5. The number of imidazole rings is 1. The number of allylic oxidation sites excluding steroid dienone is 2. The fourth-order valence-electron chi connectivity index (χ4n) is 3.05. The van der Waals surface area contributed by atoms with Gasteiger partial charge in [0.25, 0.3) is 0 Å². The van der Waals surface area contributed by atoms with E-state index in [1.807, 2.05) is 23.9 Å². The van der Waals surface area contributed by atoms with Crippen molar-refractivity contribution in [1.82, 2.24) is 29.5 Å². The zero-order valence-electron chi connectivity index (χ0n) is 16.2. The van der Waals surface area contributed by atoms with Crippen LogP contribution < -0.4 is 0 Å². The van der Waals surface area contributed by atoms with Crippen LogP contribution in [0.3, 0.4) is 0 Å². The summed E-state index contributed by atoms with van der Waals surface area (Å²) in [5, 5.41) is 14.0. The minimum absolute atomic E-state index is 0.276. The Morgan fingerprint density at radius 1 is 1.36 bits per heavy atom. The minimum atomic E-state index is -0.704. The van der Waals surface area contributed by atoms with Crippen LogP contribution in [0.25, 0.3) is 11.0 Å². The van der Waals surface area contributed by atoms with E-state index in [9.17, 15) is 4.39 Å². The van der Waals surface area contributed by atoms with Crippen LogP contribution in [0.5, 0.6) is 0 Å². The lowest BCUT2D eigenvalue weighted by atomic mass is 10.1. The largest absolute Gasteiger partial charge is 0.324 e. The maximum Gasteiger partial charge on any atom is 0.180 e. The van der Waals surface area contributed by atoms with Gasteiger partial charge in [0.15, 0.2) is 11.5 Å². The van der Waals surface area contributed by atoms with E-state index < -0.39 is 6.67 Å². The molecule has 0 fully saturated rings. The highest BCUT2D eigenvalue weighted by Crippen LogP contribution is 2.21. The summed E-state index contributed by atoms with van der Waals surface area (Å²) in [6, 6.07) is 0. The highest BCUT2D eigenvalue weighted by Gasteiger charge is 2.16. The molecule has 8 heteroatoms. The molecule has 28 heavy (non-hydrogen) atoms. The maximum absolute atomic E-state index is 13.6. The number of alkyl halides is 1. The van der Waals surface area contributed by atoms with Crippen molar-refractivity contribution in [2.24, 2.45) is 12.0 Å². The van der Waals surface area contributed by atoms with Crippen LogP contribution in [0.2, 0.25) is 0 Å². The molecule has 0 N–H and O–H groups in total. The van der Waals surface area contributed by atoms with E-state index in [1.165, 1.54) is 0 Å². The number of nitrogens with zero attached hydrogens (tertiary/aromatic N) is 7. The van der Waals surface area contributed by atoms with Gasteiger partial charge in [-0.05, 0) is 18.4 Å². The fraction of sp³-hybridized carbons (Fsp3) is 0.350. The summed E-state index contributed by atoms with van der Waals surface area (Å²) in [6.45, 7) is 5.51. The first-order valence-corrected chi connectivity index (χ1v) is 9.25. The van der Waals surface area contributed by atoms with E-state index in [2.05, 4.69) is 38.8 Å². The second-order valence-electron chi connectivity index (χ2n) is 6.38. The van der Waals surface area contributed by atoms with Crippen LogP contribution in [-0.4, -0.2) is 41.9 Å². The number of aliphatic imine (C=N–C) groups is 1. The molecule has 0 atom stereocenters. The standard InChI is InChI=1S/C20H24FN7/c1-4-6-7-9-22-17(12-21)20-23-10-11-28(20)14-18-15(8-5-2)16-13-24-27(3)19(16)26-25-18/h4,7,9-11,13H,1,5-6,8,12,14H2,2-3H3/b9-7-,22-17?. The molecule has 0 unspecified atom stereocenters. The molecule has 3 heterocycles. The molecule has 0 saturated carbocycles. The molecule has 0 aliphatic carbocycles. The van der Waals surface area contributed by atoms with Gasteiger partial charge in [0.2, 0.25) is 0 Å². The molecule has 0 aliphatic rings. The van der Waals surface area contributed by atoms with E-state index in [0.29, 0.717) is 18.8 Å². The molecule has 0 radical (unpaired) electrons. The third-order valence-electron chi connectivity index (χ3n) is 4.41. The lowest BCUT2D eigenvalue weighted by Gasteiger charge is -2.11. The SMILES string of the molecule is C=CC/C=C\N=C(CF)c1nccn1Cc1nnc2c(cnn2C)c1CCC. The summed E-state index contributed by atoms with van der Waals surface area (Å²) in [6.07, 6.45) is 12.9. The van der Waals surface area contributed by atoms with Crippen molar-refractivity contribution in [3.63, 3.8) is 0 Å². The number of fused-ring (bicyclic) bond motifs is 1. The number of aryl methyl sites for hydroxylation is 2. The van der Waals surface area contributed by atoms with E-state index in [0.717, 1.165) is 35.1 Å². The van der Waals surface area contributed by atoms with Gasteiger partial charge in [-0.2, -0.15) is 10.2 Å². The predicted molar refractivity (Wildman–Crippen MR) is 108 cm³/mol. The third kappa shape index (κ3) is 4.05. The summed E-state index contributed by atoms with van der Waals surface area (Å²) in [5.74, 6) is 0.487. The highest BCUT2D eigenvalue weighted by molar-refractivity contribution is 5.99. The molecule has 3 aromatic heterocycles. The van der Waals surface area contributed by atoms with Gasteiger partial charge < -0.3 is 4.57 Å². The summed E-state index contributed by atoms with van der Waals surface area (Å²) in [7, 11) is 1.85. The van der Waals surface area contributed by atoms with Gasteiger partial charge in [0.05, 0.1) is 18.4 Å². The first-order valence-electron chi connectivity index (χ1n) is 9.25. The van der Waals surface area contributed by atoms with Crippen LogP contribution in [0.4, 0.5) is 4.39 Å². The molecule has 3 rings (SSSR count). The van der Waals surface area contributed by atoms with Crippen LogP contribution in [0.1, 0.15) is 36.8 Å². The molecule has 0 saturated heterocycles. The molecule has 0 bridgehead atoms. The Morgan fingerprint density at radius 3 is 2.96 bits per heavy atom. The molecule has 3 aromatic rings. The van der Waals surface area contributed by atoms with E-state index in [4.69, 9.17) is 0 Å². The predicted octanol–water partition coefficient (Wildman–Crippen LogP) is 3.41. The number of halogens is 1. The van der Waals surface area contributed by atoms with Crippen molar-refractivity contribution in [2.45, 2.75) is 32.7 Å². The Hall–Kier alpha value is -3.16. The smallest absolute Gasteiger partial charge is 0.180 e. The van der Waals surface area contributed by atoms with Crippen molar-refractivity contribution >= 4 is 16.7 Å². The van der Waals surface area contributed by atoms with Gasteiger partial charge in [0.1, 0.15) is 12.4 Å². The molecule has 0 spiro atoms. The molecule has 0 aromatic carbocycles. The van der Waals surface area contributed by atoms with Crippen LogP contribution >= 0.6 is 0 Å². The average molecular weight is 381 g/mol. The van der Waals surface area contributed by atoms with Crippen molar-refractivity contribution in [3.05, 3.63) is 60.6 Å². The molecule has 0 amide bonds. The topological polar surface area (TPSA) is 73.8 Å². The quantitative estimate of drug-likeness (QED) is 0.421. The summed E-state index contributed by atoms with van der Waals surface area (Å²) >= 11 is 0. The first kappa shape index (κ1) is 19.6. The van der Waals surface area contributed by atoms with Gasteiger partial charge >= 0.3 is 0 Å². The van der Waals surface area contributed by atoms with Crippen LogP contribution in [0.15, 0.2) is 48.5 Å². The van der Waals surface area contributed by atoms with Crippen molar-refractivity contribution in [3.8, 4) is 0 Å². The lowest BCUT2D eigenvalue weighted by molar-refractivity contribution is 0.578. The van der Waals surface area contributed by atoms with Crippen molar-refractivity contribution in [2.75, 3.05) is 6.67 Å². The van der Waals surface area contributed by atoms with Gasteiger partial charge in [-0.15, -0.1) is 11.7 Å². The first-order chi connectivity index (χ1) is 13.7. The van der Waals surface area contributed by atoms with Gasteiger partial charge in [-0.1, -0.05) is 25.5 Å². The van der Waals surface area contributed by atoms with Crippen LogP contribution in [-0.2, 0) is 20.0 Å². The number of aromatic nitrogens is 6. The molecular formula is C20H24FN7. The highest BCUT2D eigenvalue weighted by atomic mass is 19.1. The Morgan fingerprint density at radius 2 is 2.21 bits per heavy atom. The Kier molecular flexibility index (Phi) is 6.41.